The standard InChI is InChI=1S/C15H17ClO/c1-15(13-5-3-2-4-6-13)10-12(7-8-16)9-14(17)11-15/h2-8,12H,9-11H2,1H3. The predicted octanol–water partition coefficient (Wildman–Crippen LogP) is 4.07. The van der Waals surface area contributed by atoms with E-state index < -0.39 is 0 Å². The lowest BCUT2D eigenvalue weighted by atomic mass is 9.67. The summed E-state index contributed by atoms with van der Waals surface area (Å²) >= 11 is 5.63. The van der Waals surface area contributed by atoms with Crippen LogP contribution in [0.1, 0.15) is 31.7 Å². The maximum atomic E-state index is 11.9. The Labute approximate surface area is 107 Å². The average Bonchev–Trinajstić information content (AvgIpc) is 2.29. The number of rotatable bonds is 2. The summed E-state index contributed by atoms with van der Waals surface area (Å²) in [7, 11) is 0. The molecule has 1 aliphatic carbocycles. The highest BCUT2D eigenvalue weighted by molar-refractivity contribution is 6.25. The minimum Gasteiger partial charge on any atom is -0.300 e. The molecule has 1 aromatic carbocycles. The van der Waals surface area contributed by atoms with E-state index in [-0.39, 0.29) is 11.3 Å². The Morgan fingerprint density at radius 1 is 1.35 bits per heavy atom. The minimum atomic E-state index is -0.0440. The molecule has 0 aliphatic heterocycles. The third-order valence-corrected chi connectivity index (χ3v) is 3.75. The molecule has 1 fully saturated rings. The van der Waals surface area contributed by atoms with Crippen LogP contribution in [-0.4, -0.2) is 5.78 Å². The van der Waals surface area contributed by atoms with Crippen LogP contribution >= 0.6 is 11.6 Å². The van der Waals surface area contributed by atoms with Gasteiger partial charge in [0, 0.05) is 18.4 Å². The van der Waals surface area contributed by atoms with E-state index >= 15 is 0 Å². The number of benzene rings is 1. The summed E-state index contributed by atoms with van der Waals surface area (Å²) in [5.41, 5.74) is 2.74. The number of ketones is 1. The zero-order valence-corrected chi connectivity index (χ0v) is 10.8. The van der Waals surface area contributed by atoms with Crippen LogP contribution in [0.25, 0.3) is 0 Å². The van der Waals surface area contributed by atoms with E-state index in [0.717, 1.165) is 6.42 Å². The van der Waals surface area contributed by atoms with Crippen LogP contribution in [-0.2, 0) is 10.2 Å². The van der Waals surface area contributed by atoms with Crippen molar-refractivity contribution >= 4 is 17.4 Å². The topological polar surface area (TPSA) is 17.1 Å². The van der Waals surface area contributed by atoms with Crippen LogP contribution in [0.2, 0.25) is 0 Å². The lowest BCUT2D eigenvalue weighted by molar-refractivity contribution is -0.122. The van der Waals surface area contributed by atoms with E-state index in [9.17, 15) is 4.79 Å². The van der Waals surface area contributed by atoms with E-state index in [1.54, 1.807) is 0 Å². The summed E-state index contributed by atoms with van der Waals surface area (Å²) in [5, 5.41) is 0. The van der Waals surface area contributed by atoms with Gasteiger partial charge in [0.15, 0.2) is 0 Å². The highest BCUT2D eigenvalue weighted by atomic mass is 35.5. The fraction of sp³-hybridized carbons (Fsp3) is 0.400. The van der Waals surface area contributed by atoms with Crippen molar-refractivity contribution in [2.75, 3.05) is 0 Å². The molecule has 2 atom stereocenters. The largest absolute Gasteiger partial charge is 0.300 e. The van der Waals surface area contributed by atoms with E-state index in [1.807, 2.05) is 24.3 Å². The molecule has 90 valence electrons. The van der Waals surface area contributed by atoms with Crippen LogP contribution in [0, 0.1) is 5.92 Å². The maximum Gasteiger partial charge on any atom is 0.134 e. The summed E-state index contributed by atoms with van der Waals surface area (Å²) in [5.74, 6) is 0.612. The van der Waals surface area contributed by atoms with Gasteiger partial charge >= 0.3 is 0 Å². The molecule has 1 nitrogen and oxygen atoms in total. The second kappa shape index (κ2) is 5.05. The summed E-state index contributed by atoms with van der Waals surface area (Å²) in [4.78, 5) is 11.9. The van der Waals surface area contributed by atoms with Crippen molar-refractivity contribution in [3.8, 4) is 0 Å². The molecule has 0 saturated heterocycles. The van der Waals surface area contributed by atoms with Gasteiger partial charge < -0.3 is 0 Å². The van der Waals surface area contributed by atoms with Gasteiger partial charge in [-0.15, -0.1) is 0 Å². The summed E-state index contributed by atoms with van der Waals surface area (Å²) in [6.07, 6.45) is 4.21. The first-order chi connectivity index (χ1) is 8.14. The number of carbonyl (C=O) groups excluding carboxylic acids is 1. The number of hydrogen-bond donors (Lipinski definition) is 0. The van der Waals surface area contributed by atoms with Gasteiger partial charge in [-0.2, -0.15) is 0 Å². The third kappa shape index (κ3) is 2.78. The summed E-state index contributed by atoms with van der Waals surface area (Å²) < 4.78 is 0. The molecule has 0 aromatic heterocycles. The summed E-state index contributed by atoms with van der Waals surface area (Å²) in [6, 6.07) is 10.3. The fourth-order valence-corrected chi connectivity index (χ4v) is 3.03. The van der Waals surface area contributed by atoms with E-state index in [4.69, 9.17) is 11.6 Å². The summed E-state index contributed by atoms with van der Waals surface area (Å²) in [6.45, 7) is 2.18. The quantitative estimate of drug-likeness (QED) is 0.771. The van der Waals surface area contributed by atoms with Gasteiger partial charge in [0.2, 0.25) is 0 Å². The molecule has 17 heavy (non-hydrogen) atoms. The second-order valence-corrected chi connectivity index (χ2v) is 5.38. The van der Waals surface area contributed by atoms with Gasteiger partial charge in [-0.3, -0.25) is 4.79 Å². The van der Waals surface area contributed by atoms with Gasteiger partial charge in [0.25, 0.3) is 0 Å². The van der Waals surface area contributed by atoms with Gasteiger partial charge in [-0.25, -0.2) is 0 Å². The van der Waals surface area contributed by atoms with Crippen molar-refractivity contribution in [1.82, 2.24) is 0 Å². The molecule has 1 aliphatic rings. The van der Waals surface area contributed by atoms with Crippen LogP contribution in [0.5, 0.6) is 0 Å². The molecule has 0 bridgehead atoms. The maximum absolute atomic E-state index is 11.9. The van der Waals surface area contributed by atoms with Crippen LogP contribution < -0.4 is 0 Å². The zero-order chi connectivity index (χ0) is 12.3. The van der Waals surface area contributed by atoms with Crippen molar-refractivity contribution < 1.29 is 4.79 Å². The lowest BCUT2D eigenvalue weighted by Crippen LogP contribution is -2.34. The number of halogens is 1. The molecule has 0 amide bonds. The predicted molar refractivity (Wildman–Crippen MR) is 71.1 cm³/mol. The molecular weight excluding hydrogens is 232 g/mol. The molecule has 0 N–H and O–H groups in total. The van der Waals surface area contributed by atoms with Crippen LogP contribution in [0.4, 0.5) is 0 Å². The van der Waals surface area contributed by atoms with Gasteiger partial charge in [0.05, 0.1) is 0 Å². The Hall–Kier alpha value is -1.08. The third-order valence-electron chi connectivity index (χ3n) is 3.61. The van der Waals surface area contributed by atoms with E-state index in [2.05, 4.69) is 19.1 Å². The molecule has 0 heterocycles. The van der Waals surface area contributed by atoms with Gasteiger partial charge in [-0.05, 0) is 23.3 Å². The van der Waals surface area contributed by atoms with E-state index in [1.165, 1.54) is 11.1 Å². The van der Waals surface area contributed by atoms with Crippen molar-refractivity contribution in [1.29, 1.82) is 0 Å². The molecule has 1 saturated carbocycles. The minimum absolute atomic E-state index is 0.0440. The first-order valence-electron chi connectivity index (χ1n) is 5.98. The molecule has 1 aromatic rings. The second-order valence-electron chi connectivity index (χ2n) is 5.13. The van der Waals surface area contributed by atoms with Crippen molar-refractivity contribution in [3.63, 3.8) is 0 Å². The number of Topliss-reactive ketones (excluding diaryl/α,β-unsaturated/α-hetero) is 1. The molecule has 0 spiro atoms. The first kappa shape index (κ1) is 12.4. The smallest absolute Gasteiger partial charge is 0.134 e. The highest BCUT2D eigenvalue weighted by Gasteiger charge is 2.36. The monoisotopic (exact) mass is 248 g/mol. The molecule has 2 rings (SSSR count). The van der Waals surface area contributed by atoms with E-state index in [0.29, 0.717) is 18.6 Å². The van der Waals surface area contributed by atoms with Crippen LogP contribution in [0.3, 0.4) is 0 Å². The Bertz CT molecular complexity index is 424. The van der Waals surface area contributed by atoms with Gasteiger partial charge in [0.1, 0.15) is 5.78 Å². The van der Waals surface area contributed by atoms with Crippen molar-refractivity contribution in [2.45, 2.75) is 31.6 Å². The number of carbonyl (C=O) groups is 1. The van der Waals surface area contributed by atoms with Crippen LogP contribution in [0.15, 0.2) is 41.9 Å². The fourth-order valence-electron chi connectivity index (χ4n) is 2.82. The molecule has 2 heteroatoms. The Morgan fingerprint density at radius 3 is 2.71 bits per heavy atom. The molecular formula is C15H17ClO. The Kier molecular flexibility index (Phi) is 3.68. The SMILES string of the molecule is CC1(c2ccccc2)CC(=O)CC(C=CCl)C1. The normalized spacial score (nSPS) is 29.8. The highest BCUT2D eigenvalue weighted by Crippen LogP contribution is 2.40. The number of hydrogen-bond acceptors (Lipinski definition) is 1. The van der Waals surface area contributed by atoms with Crippen molar-refractivity contribution in [3.05, 3.63) is 47.5 Å². The molecule has 2 unspecified atom stereocenters. The first-order valence-corrected chi connectivity index (χ1v) is 6.42. The van der Waals surface area contributed by atoms with Crippen molar-refractivity contribution in [2.24, 2.45) is 5.92 Å². The van der Waals surface area contributed by atoms with Gasteiger partial charge in [-0.1, -0.05) is 54.9 Å². The number of allylic oxidation sites excluding steroid dienone is 1. The molecule has 0 radical (unpaired) electrons. The zero-order valence-electron chi connectivity index (χ0n) is 10.0. The average molecular weight is 249 g/mol. The Balaban J connectivity index is 2.27. The lowest BCUT2D eigenvalue weighted by Gasteiger charge is -2.36. The Morgan fingerprint density at radius 2 is 2.06 bits per heavy atom.